The maximum atomic E-state index is 14.8. The Morgan fingerprint density at radius 3 is 2.61 bits per heavy atom. The molecule has 1 saturated heterocycles. The van der Waals surface area contributed by atoms with Crippen molar-refractivity contribution in [2.45, 2.75) is 44.8 Å². The van der Waals surface area contributed by atoms with Crippen molar-refractivity contribution < 1.29 is 17.9 Å². The van der Waals surface area contributed by atoms with E-state index in [1.54, 1.807) is 19.2 Å². The molecule has 4 heterocycles. The fourth-order valence-corrected chi connectivity index (χ4v) is 5.59. The highest BCUT2D eigenvalue weighted by atomic mass is 19.2. The number of ether oxygens (including phenoxy) is 1. The molecule has 0 unspecified atom stereocenters. The molecule has 0 spiro atoms. The van der Waals surface area contributed by atoms with E-state index in [4.69, 9.17) is 4.74 Å². The summed E-state index contributed by atoms with van der Waals surface area (Å²) < 4.78 is 51.0. The van der Waals surface area contributed by atoms with Gasteiger partial charge in [0.05, 0.1) is 11.6 Å². The van der Waals surface area contributed by atoms with Crippen LogP contribution in [0.3, 0.4) is 0 Å². The lowest BCUT2D eigenvalue weighted by molar-refractivity contribution is 0.0685. The van der Waals surface area contributed by atoms with Crippen LogP contribution in [-0.2, 0) is 7.05 Å². The van der Waals surface area contributed by atoms with E-state index in [0.29, 0.717) is 42.7 Å². The first kappa shape index (κ1) is 24.1. The number of fused-ring (bicyclic) bond motifs is 5. The van der Waals surface area contributed by atoms with Crippen LogP contribution in [0.25, 0.3) is 11.0 Å². The third-order valence-corrected chi connectivity index (χ3v) is 7.41. The number of nitrogens with zero attached hydrogens (tertiary/aromatic N) is 5. The zero-order valence-corrected chi connectivity index (χ0v) is 20.3. The lowest BCUT2D eigenvalue weighted by Gasteiger charge is -2.51. The van der Waals surface area contributed by atoms with Crippen molar-refractivity contribution in [1.29, 1.82) is 5.26 Å². The number of benzene rings is 1. The second-order valence-electron chi connectivity index (χ2n) is 9.27. The lowest BCUT2D eigenvalue weighted by atomic mass is 9.94. The van der Waals surface area contributed by atoms with Crippen molar-refractivity contribution >= 4 is 16.7 Å². The normalized spacial score (nSPS) is 20.4. The van der Waals surface area contributed by atoms with Crippen LogP contribution in [0.5, 0.6) is 5.75 Å². The number of aromatic nitrogens is 2. The maximum absolute atomic E-state index is 14.8. The van der Waals surface area contributed by atoms with E-state index in [0.717, 1.165) is 12.1 Å². The number of aryl methyl sites for hydroxylation is 1. The molecule has 1 aromatic carbocycles. The number of halogens is 3. The van der Waals surface area contributed by atoms with Crippen molar-refractivity contribution in [2.75, 3.05) is 24.6 Å². The second kappa shape index (κ2) is 9.13. The average molecular weight is 498 g/mol. The molecule has 10 heteroatoms. The van der Waals surface area contributed by atoms with E-state index < -0.39 is 23.5 Å². The number of rotatable bonds is 4. The number of nitriles is 1. The summed E-state index contributed by atoms with van der Waals surface area (Å²) in [7, 11) is 1.63. The van der Waals surface area contributed by atoms with E-state index in [-0.39, 0.29) is 41.3 Å². The molecule has 0 bridgehead atoms. The molecule has 2 aliphatic rings. The number of piperazine rings is 1. The van der Waals surface area contributed by atoms with Gasteiger partial charge >= 0.3 is 0 Å². The Hall–Kier alpha value is -3.58. The zero-order chi connectivity index (χ0) is 25.7. The molecule has 0 amide bonds. The second-order valence-corrected chi connectivity index (χ2v) is 9.27. The molecule has 5 rings (SSSR count). The van der Waals surface area contributed by atoms with Crippen LogP contribution in [-0.4, -0.2) is 46.2 Å². The summed E-state index contributed by atoms with van der Waals surface area (Å²) in [6, 6.07) is 6.03. The topological polar surface area (TPSA) is 74.4 Å². The van der Waals surface area contributed by atoms with Crippen LogP contribution in [0.4, 0.5) is 18.9 Å². The highest BCUT2D eigenvalue weighted by molar-refractivity contribution is 5.93. The molecular weight excluding hydrogens is 471 g/mol. The summed E-state index contributed by atoms with van der Waals surface area (Å²) >= 11 is 0. The monoisotopic (exact) mass is 497 g/mol. The lowest BCUT2D eigenvalue weighted by Crippen LogP contribution is -2.62. The van der Waals surface area contributed by atoms with Gasteiger partial charge in [-0.15, -0.1) is 0 Å². The SMILES string of the molecule is CC[C@@H]1CN2c3c(c(=O)n(C)c4ccc(C#N)nc34)OC[C@@H]2CN1[C@H](CC)c1c(F)ccc(F)c1F. The highest BCUT2D eigenvalue weighted by Crippen LogP contribution is 2.42. The largest absolute Gasteiger partial charge is 0.484 e. The zero-order valence-electron chi connectivity index (χ0n) is 20.3. The minimum atomic E-state index is -1.16. The number of hydrogen-bond donors (Lipinski definition) is 0. The third kappa shape index (κ3) is 3.61. The van der Waals surface area contributed by atoms with Gasteiger partial charge in [-0.25, -0.2) is 18.2 Å². The number of hydrogen-bond acceptors (Lipinski definition) is 6. The van der Waals surface area contributed by atoms with Gasteiger partial charge in [0.15, 0.2) is 11.6 Å². The van der Waals surface area contributed by atoms with Gasteiger partial charge in [-0.3, -0.25) is 9.69 Å². The first-order valence-electron chi connectivity index (χ1n) is 12.0. The first-order valence-corrected chi connectivity index (χ1v) is 12.0. The van der Waals surface area contributed by atoms with E-state index in [1.165, 1.54) is 4.57 Å². The molecule has 0 radical (unpaired) electrons. The Balaban J connectivity index is 1.61. The number of pyridine rings is 2. The summed E-state index contributed by atoms with van der Waals surface area (Å²) in [6.07, 6.45) is 1.04. The molecule has 188 valence electrons. The molecule has 36 heavy (non-hydrogen) atoms. The predicted octanol–water partition coefficient (Wildman–Crippen LogP) is 4.04. The van der Waals surface area contributed by atoms with Crippen LogP contribution in [0, 0.1) is 28.8 Å². The molecule has 3 atom stereocenters. The average Bonchev–Trinajstić information content (AvgIpc) is 2.90. The minimum absolute atomic E-state index is 0.141. The molecule has 7 nitrogen and oxygen atoms in total. The van der Waals surface area contributed by atoms with Crippen molar-refractivity contribution in [3.63, 3.8) is 0 Å². The van der Waals surface area contributed by atoms with E-state index in [9.17, 15) is 23.2 Å². The molecular formula is C26H26F3N5O2. The van der Waals surface area contributed by atoms with E-state index in [1.807, 2.05) is 24.8 Å². The summed E-state index contributed by atoms with van der Waals surface area (Å²) in [5, 5.41) is 9.41. The first-order chi connectivity index (χ1) is 17.3. The highest BCUT2D eigenvalue weighted by Gasteiger charge is 2.43. The third-order valence-electron chi connectivity index (χ3n) is 7.41. The van der Waals surface area contributed by atoms with Crippen molar-refractivity contribution in [3.05, 3.63) is 63.3 Å². The van der Waals surface area contributed by atoms with Crippen LogP contribution in [0.1, 0.15) is 44.0 Å². The smallest absolute Gasteiger partial charge is 0.295 e. The van der Waals surface area contributed by atoms with Crippen molar-refractivity contribution in [2.24, 2.45) is 7.05 Å². The van der Waals surface area contributed by atoms with Crippen LogP contribution in [0.2, 0.25) is 0 Å². The molecule has 0 aliphatic carbocycles. The van der Waals surface area contributed by atoms with E-state index >= 15 is 0 Å². The van der Waals surface area contributed by atoms with Crippen LogP contribution >= 0.6 is 0 Å². The summed E-state index contributed by atoms with van der Waals surface area (Å²) in [5.74, 6) is -2.83. The molecule has 0 N–H and O–H groups in total. The maximum Gasteiger partial charge on any atom is 0.295 e. The predicted molar refractivity (Wildman–Crippen MR) is 128 cm³/mol. The fourth-order valence-electron chi connectivity index (χ4n) is 5.59. The van der Waals surface area contributed by atoms with Gasteiger partial charge in [-0.05, 0) is 37.1 Å². The van der Waals surface area contributed by atoms with Crippen molar-refractivity contribution in [1.82, 2.24) is 14.5 Å². The van der Waals surface area contributed by atoms with Gasteiger partial charge in [0.2, 0.25) is 5.75 Å². The Morgan fingerprint density at radius 1 is 1.17 bits per heavy atom. The summed E-state index contributed by atoms with van der Waals surface area (Å²) in [6.45, 7) is 4.85. The quantitative estimate of drug-likeness (QED) is 0.507. The van der Waals surface area contributed by atoms with Crippen LogP contribution in [0.15, 0.2) is 29.1 Å². The van der Waals surface area contributed by atoms with Crippen LogP contribution < -0.4 is 15.2 Å². The van der Waals surface area contributed by atoms with Crippen molar-refractivity contribution in [3.8, 4) is 11.8 Å². The Labute approximate surface area is 206 Å². The molecule has 0 saturated carbocycles. The molecule has 3 aromatic rings. The molecule has 2 aromatic heterocycles. The van der Waals surface area contributed by atoms with Gasteiger partial charge in [0.1, 0.15) is 35.4 Å². The summed E-state index contributed by atoms with van der Waals surface area (Å²) in [4.78, 5) is 21.7. The fraction of sp³-hybridized carbons (Fsp3) is 0.423. The van der Waals surface area contributed by atoms with Gasteiger partial charge in [-0.1, -0.05) is 13.8 Å². The van der Waals surface area contributed by atoms with Gasteiger partial charge < -0.3 is 14.2 Å². The Morgan fingerprint density at radius 2 is 1.92 bits per heavy atom. The molecule has 2 aliphatic heterocycles. The van der Waals surface area contributed by atoms with E-state index in [2.05, 4.69) is 9.88 Å². The summed E-state index contributed by atoms with van der Waals surface area (Å²) in [5.41, 5.74) is 1.27. The Bertz CT molecular complexity index is 1450. The Kier molecular flexibility index (Phi) is 6.12. The molecule has 1 fully saturated rings. The minimum Gasteiger partial charge on any atom is -0.484 e. The number of anilines is 1. The standard InChI is InChI=1S/C26H26F3N5O2/c1-4-15-11-34-16(12-33(15)19(5-2)21-17(27)7-8-18(28)22(21)29)13-36-25-24(34)23-20(32(3)26(25)35)9-6-14(10-30)31-23/h6-9,15-16,19H,4-5,11-13H2,1-3H3/t15-,16+,19-/m1/s1. The van der Waals surface area contributed by atoms with Gasteiger partial charge in [-0.2, -0.15) is 5.26 Å². The van der Waals surface area contributed by atoms with Gasteiger partial charge in [0, 0.05) is 37.8 Å². The van der Waals surface area contributed by atoms with Gasteiger partial charge in [0.25, 0.3) is 5.56 Å².